The van der Waals surface area contributed by atoms with Crippen molar-refractivity contribution in [2.75, 3.05) is 19.7 Å². The molecule has 1 N–H and O–H groups in total. The summed E-state index contributed by atoms with van der Waals surface area (Å²) in [5.74, 6) is 0.419. The topological polar surface area (TPSA) is 21.3 Å². The first kappa shape index (κ1) is 11.6. The molecule has 1 fully saturated rings. The summed E-state index contributed by atoms with van der Waals surface area (Å²) in [5, 5.41) is 3.35. The predicted octanol–water partition coefficient (Wildman–Crippen LogP) is 2.34. The predicted molar refractivity (Wildman–Crippen MR) is 61.6 cm³/mol. The van der Waals surface area contributed by atoms with E-state index in [-0.39, 0.29) is 5.82 Å². The van der Waals surface area contributed by atoms with Gasteiger partial charge in [0.25, 0.3) is 0 Å². The normalized spacial score (nSPS) is 20.9. The summed E-state index contributed by atoms with van der Waals surface area (Å²) < 4.78 is 18.5. The molecule has 0 aliphatic carbocycles. The summed E-state index contributed by atoms with van der Waals surface area (Å²) in [4.78, 5) is 0. The lowest BCUT2D eigenvalue weighted by atomic mass is 10.0. The summed E-state index contributed by atoms with van der Waals surface area (Å²) in [6.07, 6.45) is 2.46. The summed E-state index contributed by atoms with van der Waals surface area (Å²) in [5.41, 5.74) is 0.906. The van der Waals surface area contributed by atoms with Crippen molar-refractivity contribution in [3.8, 4) is 0 Å². The van der Waals surface area contributed by atoms with Gasteiger partial charge in [-0.2, -0.15) is 0 Å². The number of benzene rings is 1. The van der Waals surface area contributed by atoms with Gasteiger partial charge in [-0.05, 0) is 43.0 Å². The van der Waals surface area contributed by atoms with Gasteiger partial charge in [0.05, 0.1) is 13.2 Å². The van der Waals surface area contributed by atoms with Gasteiger partial charge >= 0.3 is 0 Å². The minimum absolute atomic E-state index is 0.194. The van der Waals surface area contributed by atoms with Crippen molar-refractivity contribution < 1.29 is 9.13 Å². The standard InChI is InChI=1S/C13H18FNO/c14-13-5-1-3-11(7-13)9-16-10-12-4-2-6-15-8-12/h1,3,5,7,12,15H,2,4,6,8-10H2. The van der Waals surface area contributed by atoms with Crippen LogP contribution in [0, 0.1) is 11.7 Å². The highest BCUT2D eigenvalue weighted by molar-refractivity contribution is 5.15. The van der Waals surface area contributed by atoms with Crippen LogP contribution in [0.1, 0.15) is 18.4 Å². The second-order valence-corrected chi connectivity index (χ2v) is 4.36. The fourth-order valence-corrected chi connectivity index (χ4v) is 2.04. The molecule has 1 atom stereocenters. The first-order valence-electron chi connectivity index (χ1n) is 5.87. The second-order valence-electron chi connectivity index (χ2n) is 4.36. The van der Waals surface area contributed by atoms with E-state index in [1.54, 1.807) is 6.07 Å². The van der Waals surface area contributed by atoms with Crippen molar-refractivity contribution in [2.45, 2.75) is 19.4 Å². The van der Waals surface area contributed by atoms with Gasteiger partial charge in [-0.15, -0.1) is 0 Å². The van der Waals surface area contributed by atoms with Crippen LogP contribution in [0.5, 0.6) is 0 Å². The molecule has 88 valence electrons. The molecule has 0 saturated carbocycles. The van der Waals surface area contributed by atoms with E-state index in [0.29, 0.717) is 12.5 Å². The fraction of sp³-hybridized carbons (Fsp3) is 0.538. The Balaban J connectivity index is 1.71. The number of hydrogen-bond acceptors (Lipinski definition) is 2. The van der Waals surface area contributed by atoms with Crippen molar-refractivity contribution in [3.05, 3.63) is 35.6 Å². The summed E-state index contributed by atoms with van der Waals surface area (Å²) in [7, 11) is 0. The number of halogens is 1. The molecule has 0 bridgehead atoms. The third-order valence-electron chi connectivity index (χ3n) is 2.91. The quantitative estimate of drug-likeness (QED) is 0.846. The minimum Gasteiger partial charge on any atom is -0.376 e. The van der Waals surface area contributed by atoms with Crippen LogP contribution in [0.2, 0.25) is 0 Å². The zero-order chi connectivity index (χ0) is 11.2. The van der Waals surface area contributed by atoms with Gasteiger partial charge < -0.3 is 10.1 Å². The van der Waals surface area contributed by atoms with Crippen LogP contribution in [0.3, 0.4) is 0 Å². The van der Waals surface area contributed by atoms with E-state index in [1.807, 2.05) is 6.07 Å². The molecule has 2 nitrogen and oxygen atoms in total. The van der Waals surface area contributed by atoms with E-state index in [9.17, 15) is 4.39 Å². The van der Waals surface area contributed by atoms with Gasteiger partial charge in [-0.3, -0.25) is 0 Å². The highest BCUT2D eigenvalue weighted by Gasteiger charge is 2.12. The van der Waals surface area contributed by atoms with Crippen LogP contribution in [0.25, 0.3) is 0 Å². The number of ether oxygens (including phenoxy) is 1. The Labute approximate surface area is 95.8 Å². The molecule has 1 heterocycles. The van der Waals surface area contributed by atoms with Gasteiger partial charge in [0, 0.05) is 6.54 Å². The van der Waals surface area contributed by atoms with Crippen LogP contribution in [0.4, 0.5) is 4.39 Å². The van der Waals surface area contributed by atoms with Gasteiger partial charge in [-0.25, -0.2) is 4.39 Å². The van der Waals surface area contributed by atoms with Crippen molar-refractivity contribution in [1.82, 2.24) is 5.32 Å². The number of rotatable bonds is 4. The molecule has 2 rings (SSSR count). The van der Waals surface area contributed by atoms with Crippen molar-refractivity contribution in [3.63, 3.8) is 0 Å². The van der Waals surface area contributed by atoms with E-state index >= 15 is 0 Å². The molecule has 1 unspecified atom stereocenters. The Morgan fingerprint density at radius 1 is 1.44 bits per heavy atom. The monoisotopic (exact) mass is 223 g/mol. The Kier molecular flexibility index (Phi) is 4.31. The molecule has 1 aliphatic heterocycles. The molecule has 0 amide bonds. The maximum atomic E-state index is 12.9. The lowest BCUT2D eigenvalue weighted by Gasteiger charge is -2.22. The first-order valence-corrected chi connectivity index (χ1v) is 5.87. The van der Waals surface area contributed by atoms with E-state index in [0.717, 1.165) is 25.3 Å². The molecule has 16 heavy (non-hydrogen) atoms. The highest BCUT2D eigenvalue weighted by atomic mass is 19.1. The molecule has 1 saturated heterocycles. The minimum atomic E-state index is -0.194. The fourth-order valence-electron chi connectivity index (χ4n) is 2.04. The maximum absolute atomic E-state index is 12.9. The molecule has 0 aromatic heterocycles. The first-order chi connectivity index (χ1) is 7.84. The average Bonchev–Trinajstić information content (AvgIpc) is 2.30. The highest BCUT2D eigenvalue weighted by Crippen LogP contribution is 2.11. The van der Waals surface area contributed by atoms with E-state index in [4.69, 9.17) is 4.74 Å². The van der Waals surface area contributed by atoms with E-state index in [2.05, 4.69) is 5.32 Å². The van der Waals surface area contributed by atoms with Crippen LogP contribution in [-0.4, -0.2) is 19.7 Å². The molecule has 3 heteroatoms. The van der Waals surface area contributed by atoms with Crippen molar-refractivity contribution in [1.29, 1.82) is 0 Å². The average molecular weight is 223 g/mol. The zero-order valence-electron chi connectivity index (χ0n) is 9.42. The smallest absolute Gasteiger partial charge is 0.123 e. The van der Waals surface area contributed by atoms with Crippen LogP contribution < -0.4 is 5.32 Å². The van der Waals surface area contributed by atoms with Crippen LogP contribution in [-0.2, 0) is 11.3 Å². The SMILES string of the molecule is Fc1cccc(COCC2CCCNC2)c1. The molecule has 1 aromatic rings. The Morgan fingerprint density at radius 3 is 3.12 bits per heavy atom. The summed E-state index contributed by atoms with van der Waals surface area (Å²) in [6.45, 7) is 3.45. The van der Waals surface area contributed by atoms with Crippen LogP contribution in [0.15, 0.2) is 24.3 Å². The Morgan fingerprint density at radius 2 is 2.38 bits per heavy atom. The molecule has 1 aromatic carbocycles. The van der Waals surface area contributed by atoms with Gasteiger partial charge in [0.2, 0.25) is 0 Å². The molecule has 1 aliphatic rings. The number of nitrogens with one attached hydrogen (secondary N) is 1. The zero-order valence-corrected chi connectivity index (χ0v) is 9.42. The largest absolute Gasteiger partial charge is 0.376 e. The molecular formula is C13H18FNO. The van der Waals surface area contributed by atoms with E-state index < -0.39 is 0 Å². The maximum Gasteiger partial charge on any atom is 0.123 e. The Hall–Kier alpha value is -0.930. The van der Waals surface area contributed by atoms with Gasteiger partial charge in [0.15, 0.2) is 0 Å². The van der Waals surface area contributed by atoms with Crippen molar-refractivity contribution >= 4 is 0 Å². The van der Waals surface area contributed by atoms with Crippen molar-refractivity contribution in [2.24, 2.45) is 5.92 Å². The molecular weight excluding hydrogens is 205 g/mol. The van der Waals surface area contributed by atoms with Gasteiger partial charge in [0.1, 0.15) is 5.82 Å². The number of piperidine rings is 1. The second kappa shape index (κ2) is 5.97. The van der Waals surface area contributed by atoms with Gasteiger partial charge in [-0.1, -0.05) is 12.1 Å². The lowest BCUT2D eigenvalue weighted by molar-refractivity contribution is 0.0781. The third-order valence-corrected chi connectivity index (χ3v) is 2.91. The Bertz CT molecular complexity index is 323. The number of hydrogen-bond donors (Lipinski definition) is 1. The molecule has 0 radical (unpaired) electrons. The molecule has 0 spiro atoms. The van der Waals surface area contributed by atoms with Crippen LogP contribution >= 0.6 is 0 Å². The summed E-state index contributed by atoms with van der Waals surface area (Å²) in [6, 6.07) is 6.59. The van der Waals surface area contributed by atoms with E-state index in [1.165, 1.54) is 25.0 Å². The third kappa shape index (κ3) is 3.58. The summed E-state index contributed by atoms with van der Waals surface area (Å²) >= 11 is 0. The lowest BCUT2D eigenvalue weighted by Crippen LogP contribution is -2.32.